The van der Waals surface area contributed by atoms with Gasteiger partial charge < -0.3 is 9.72 Å². The van der Waals surface area contributed by atoms with Gasteiger partial charge in [-0.2, -0.15) is 0 Å². The molecule has 2 aromatic carbocycles. The smallest absolute Gasteiger partial charge is 0.337 e. The lowest BCUT2D eigenvalue weighted by Gasteiger charge is -2.05. The number of halogens is 1. The minimum absolute atomic E-state index is 0.210. The molecular formula is C16H11BrN2O3. The number of methoxy groups -OCH3 is 1. The highest BCUT2D eigenvalue weighted by Crippen LogP contribution is 2.22. The van der Waals surface area contributed by atoms with Gasteiger partial charge in [-0.3, -0.25) is 4.79 Å². The van der Waals surface area contributed by atoms with Crippen LogP contribution in [-0.2, 0) is 4.74 Å². The molecule has 3 rings (SSSR count). The van der Waals surface area contributed by atoms with Crippen LogP contribution in [0, 0.1) is 0 Å². The van der Waals surface area contributed by atoms with Gasteiger partial charge >= 0.3 is 5.97 Å². The summed E-state index contributed by atoms with van der Waals surface area (Å²) in [5, 5.41) is 0.518. The molecule has 0 amide bonds. The predicted molar refractivity (Wildman–Crippen MR) is 86.8 cm³/mol. The van der Waals surface area contributed by atoms with Crippen molar-refractivity contribution in [3.05, 3.63) is 62.9 Å². The van der Waals surface area contributed by atoms with Crippen molar-refractivity contribution in [2.75, 3.05) is 7.11 Å². The van der Waals surface area contributed by atoms with Crippen molar-refractivity contribution in [2.45, 2.75) is 0 Å². The highest BCUT2D eigenvalue weighted by molar-refractivity contribution is 9.10. The van der Waals surface area contributed by atoms with Gasteiger partial charge in [0, 0.05) is 10.0 Å². The van der Waals surface area contributed by atoms with Crippen LogP contribution in [-0.4, -0.2) is 23.0 Å². The number of aromatic amines is 1. The number of para-hydroxylation sites is 1. The highest BCUT2D eigenvalue weighted by atomic mass is 79.9. The summed E-state index contributed by atoms with van der Waals surface area (Å²) in [4.78, 5) is 30.8. The second-order valence-corrected chi connectivity index (χ2v) is 5.47. The topological polar surface area (TPSA) is 72.0 Å². The van der Waals surface area contributed by atoms with E-state index >= 15 is 0 Å². The maximum absolute atomic E-state index is 12.2. The molecule has 110 valence electrons. The quantitative estimate of drug-likeness (QED) is 0.714. The van der Waals surface area contributed by atoms with Crippen LogP contribution in [0.3, 0.4) is 0 Å². The molecule has 0 aliphatic rings. The van der Waals surface area contributed by atoms with Gasteiger partial charge in [-0.15, -0.1) is 0 Å². The Morgan fingerprint density at radius 2 is 1.91 bits per heavy atom. The monoisotopic (exact) mass is 358 g/mol. The van der Waals surface area contributed by atoms with Crippen molar-refractivity contribution in [3.63, 3.8) is 0 Å². The molecule has 3 aromatic rings. The maximum atomic E-state index is 12.2. The van der Waals surface area contributed by atoms with E-state index in [4.69, 9.17) is 0 Å². The normalized spacial score (nSPS) is 10.6. The fraction of sp³-hybridized carbons (Fsp3) is 0.0625. The summed E-state index contributed by atoms with van der Waals surface area (Å²) in [5.41, 5.74) is 1.54. The first-order valence-corrected chi connectivity index (χ1v) is 7.27. The third kappa shape index (κ3) is 2.53. The Labute approximate surface area is 134 Å². The first-order chi connectivity index (χ1) is 10.6. The molecule has 1 aromatic heterocycles. The Morgan fingerprint density at radius 1 is 1.18 bits per heavy atom. The van der Waals surface area contributed by atoms with Gasteiger partial charge in [-0.1, -0.05) is 18.2 Å². The van der Waals surface area contributed by atoms with E-state index < -0.39 is 5.97 Å². The number of ether oxygens (including phenoxy) is 1. The van der Waals surface area contributed by atoms with Crippen LogP contribution in [0.5, 0.6) is 0 Å². The van der Waals surface area contributed by atoms with Crippen molar-refractivity contribution in [3.8, 4) is 11.4 Å². The largest absolute Gasteiger partial charge is 0.465 e. The van der Waals surface area contributed by atoms with Crippen LogP contribution >= 0.6 is 15.9 Å². The second kappa shape index (κ2) is 5.73. The van der Waals surface area contributed by atoms with Crippen LogP contribution in [0.2, 0.25) is 0 Å². The number of nitrogens with one attached hydrogen (secondary N) is 1. The van der Waals surface area contributed by atoms with Gasteiger partial charge in [0.05, 0.1) is 23.6 Å². The maximum Gasteiger partial charge on any atom is 0.337 e. The van der Waals surface area contributed by atoms with E-state index in [2.05, 4.69) is 30.6 Å². The molecule has 0 saturated heterocycles. The number of nitrogens with zero attached hydrogens (tertiary/aromatic N) is 1. The van der Waals surface area contributed by atoms with Crippen molar-refractivity contribution in [1.29, 1.82) is 0 Å². The zero-order valence-electron chi connectivity index (χ0n) is 11.6. The van der Waals surface area contributed by atoms with E-state index in [1.54, 1.807) is 36.4 Å². The summed E-state index contributed by atoms with van der Waals surface area (Å²) in [6.45, 7) is 0. The molecule has 0 fully saturated rings. The molecule has 0 unspecified atom stereocenters. The minimum Gasteiger partial charge on any atom is -0.465 e. The lowest BCUT2D eigenvalue weighted by Crippen LogP contribution is -2.10. The van der Waals surface area contributed by atoms with E-state index in [0.717, 1.165) is 4.47 Å². The first-order valence-electron chi connectivity index (χ1n) is 6.47. The Morgan fingerprint density at radius 3 is 2.59 bits per heavy atom. The minimum atomic E-state index is -0.408. The highest BCUT2D eigenvalue weighted by Gasteiger charge is 2.10. The summed E-state index contributed by atoms with van der Waals surface area (Å²) in [7, 11) is 1.33. The van der Waals surface area contributed by atoms with Crippen molar-refractivity contribution in [2.24, 2.45) is 0 Å². The van der Waals surface area contributed by atoms with Gasteiger partial charge in [-0.05, 0) is 40.2 Å². The summed E-state index contributed by atoms with van der Waals surface area (Å²) >= 11 is 3.40. The van der Waals surface area contributed by atoms with E-state index in [0.29, 0.717) is 27.9 Å². The number of carbonyl (C=O) groups is 1. The molecule has 1 N–H and O–H groups in total. The lowest BCUT2D eigenvalue weighted by atomic mass is 10.1. The van der Waals surface area contributed by atoms with E-state index in [9.17, 15) is 9.59 Å². The summed E-state index contributed by atoms with van der Waals surface area (Å²) in [6, 6.07) is 12.0. The number of aromatic nitrogens is 2. The number of H-pyrrole nitrogens is 1. The first kappa shape index (κ1) is 14.5. The van der Waals surface area contributed by atoms with E-state index in [1.807, 2.05) is 6.07 Å². The van der Waals surface area contributed by atoms with Gasteiger partial charge in [0.15, 0.2) is 0 Å². The Hall–Kier alpha value is -2.47. The molecule has 0 spiro atoms. The zero-order chi connectivity index (χ0) is 15.7. The summed E-state index contributed by atoms with van der Waals surface area (Å²) in [5.74, 6) is 0.0371. The molecule has 0 saturated carbocycles. The Bertz CT molecular complexity index is 917. The standard InChI is InChI=1S/C16H11BrN2O3/c1-22-16(21)10-7-5-9(6-8-10)14-18-13-11(15(20)19-14)3-2-4-12(13)17/h2-8H,1H3,(H,18,19,20). The number of esters is 1. The van der Waals surface area contributed by atoms with Crippen molar-refractivity contribution >= 4 is 32.8 Å². The molecule has 6 heteroatoms. The fourth-order valence-electron chi connectivity index (χ4n) is 2.15. The average Bonchev–Trinajstić information content (AvgIpc) is 2.55. The molecular weight excluding hydrogens is 348 g/mol. The van der Waals surface area contributed by atoms with Crippen LogP contribution in [0.15, 0.2) is 51.7 Å². The lowest BCUT2D eigenvalue weighted by molar-refractivity contribution is 0.0601. The molecule has 0 radical (unpaired) electrons. The van der Waals surface area contributed by atoms with Gasteiger partial charge in [0.2, 0.25) is 0 Å². The van der Waals surface area contributed by atoms with Crippen LogP contribution in [0.1, 0.15) is 10.4 Å². The van der Waals surface area contributed by atoms with Gasteiger partial charge in [-0.25, -0.2) is 9.78 Å². The van der Waals surface area contributed by atoms with Crippen LogP contribution in [0.4, 0.5) is 0 Å². The zero-order valence-corrected chi connectivity index (χ0v) is 13.2. The third-order valence-corrected chi connectivity index (χ3v) is 3.91. The van der Waals surface area contributed by atoms with Crippen LogP contribution in [0.25, 0.3) is 22.3 Å². The number of carbonyl (C=O) groups excluding carboxylic acids is 1. The molecule has 0 atom stereocenters. The van der Waals surface area contributed by atoms with Gasteiger partial charge in [0.25, 0.3) is 5.56 Å². The number of hydrogen-bond donors (Lipinski definition) is 1. The Balaban J connectivity index is 2.12. The number of hydrogen-bond acceptors (Lipinski definition) is 4. The fourth-order valence-corrected chi connectivity index (χ4v) is 2.60. The molecule has 0 aliphatic carbocycles. The number of rotatable bonds is 2. The van der Waals surface area contributed by atoms with Crippen molar-refractivity contribution in [1.82, 2.24) is 9.97 Å². The summed E-state index contributed by atoms with van der Waals surface area (Å²) < 4.78 is 5.41. The summed E-state index contributed by atoms with van der Waals surface area (Å²) in [6.07, 6.45) is 0. The predicted octanol–water partition coefficient (Wildman–Crippen LogP) is 3.14. The second-order valence-electron chi connectivity index (χ2n) is 4.62. The van der Waals surface area contributed by atoms with E-state index in [1.165, 1.54) is 7.11 Å². The van der Waals surface area contributed by atoms with Crippen molar-refractivity contribution < 1.29 is 9.53 Å². The average molecular weight is 359 g/mol. The number of fused-ring (bicyclic) bond motifs is 1. The SMILES string of the molecule is COC(=O)c1ccc(-c2nc3c(Br)cccc3c(=O)[nH]2)cc1. The molecule has 0 bridgehead atoms. The van der Waals surface area contributed by atoms with Crippen LogP contribution < -0.4 is 5.56 Å². The molecule has 0 aliphatic heterocycles. The molecule has 22 heavy (non-hydrogen) atoms. The number of benzene rings is 2. The van der Waals surface area contributed by atoms with Gasteiger partial charge in [0.1, 0.15) is 5.82 Å². The third-order valence-electron chi connectivity index (χ3n) is 3.27. The Kier molecular flexibility index (Phi) is 3.77. The molecule has 5 nitrogen and oxygen atoms in total. The van der Waals surface area contributed by atoms with E-state index in [-0.39, 0.29) is 5.56 Å². The molecule has 1 heterocycles.